The zero-order chi connectivity index (χ0) is 17.9. The first-order valence-electron chi connectivity index (χ1n) is 9.45. The maximum atomic E-state index is 12.9. The SMILES string of the molecule is C=C(C[C@]1(Cc2ccccc2)CCCCC1=O)[C@@H]1CC=C(C)C(=O)C1. The molecule has 0 N–H and O–H groups in total. The molecule has 2 aliphatic carbocycles. The highest BCUT2D eigenvalue weighted by molar-refractivity contribution is 5.96. The highest BCUT2D eigenvalue weighted by atomic mass is 16.1. The minimum atomic E-state index is -0.323. The summed E-state index contributed by atoms with van der Waals surface area (Å²) in [5.74, 6) is 0.806. The first-order valence-corrected chi connectivity index (χ1v) is 9.45. The van der Waals surface area contributed by atoms with Crippen LogP contribution in [-0.2, 0) is 16.0 Å². The third-order valence-corrected chi connectivity index (χ3v) is 6.01. The Bertz CT molecular complexity index is 698. The van der Waals surface area contributed by atoms with Gasteiger partial charge in [0.05, 0.1) is 0 Å². The van der Waals surface area contributed by atoms with Gasteiger partial charge in [0.15, 0.2) is 5.78 Å². The van der Waals surface area contributed by atoms with Crippen molar-refractivity contribution in [3.8, 4) is 0 Å². The lowest BCUT2D eigenvalue weighted by molar-refractivity contribution is -0.131. The van der Waals surface area contributed by atoms with E-state index >= 15 is 0 Å². The molecule has 3 rings (SSSR count). The Morgan fingerprint density at radius 3 is 2.64 bits per heavy atom. The maximum Gasteiger partial charge on any atom is 0.158 e. The Hall–Kier alpha value is -1.96. The second kappa shape index (κ2) is 7.51. The molecular weight excluding hydrogens is 308 g/mol. The predicted octanol–water partition coefficient (Wildman–Crippen LogP) is 5.23. The van der Waals surface area contributed by atoms with Crippen molar-refractivity contribution in [2.75, 3.05) is 0 Å². The van der Waals surface area contributed by atoms with Crippen LogP contribution in [0, 0.1) is 11.3 Å². The van der Waals surface area contributed by atoms with Crippen LogP contribution in [-0.4, -0.2) is 11.6 Å². The first kappa shape index (κ1) is 17.8. The second-order valence-electron chi connectivity index (χ2n) is 7.86. The van der Waals surface area contributed by atoms with Gasteiger partial charge in [-0.05, 0) is 56.1 Å². The van der Waals surface area contributed by atoms with Crippen LogP contribution in [0.5, 0.6) is 0 Å². The summed E-state index contributed by atoms with van der Waals surface area (Å²) in [5, 5.41) is 0. The maximum absolute atomic E-state index is 12.9. The molecule has 0 bridgehead atoms. The van der Waals surface area contributed by atoms with Crippen molar-refractivity contribution in [2.45, 2.75) is 58.3 Å². The highest BCUT2D eigenvalue weighted by Crippen LogP contribution is 2.44. The molecule has 1 aromatic carbocycles. The minimum Gasteiger partial charge on any atom is -0.299 e. The summed E-state index contributed by atoms with van der Waals surface area (Å²) in [6, 6.07) is 10.3. The fraction of sp³-hybridized carbons (Fsp3) is 0.478. The summed E-state index contributed by atoms with van der Waals surface area (Å²) in [6.07, 6.45) is 8.72. The molecule has 0 spiro atoms. The van der Waals surface area contributed by atoms with Crippen LogP contribution in [0.2, 0.25) is 0 Å². The van der Waals surface area contributed by atoms with E-state index in [0.29, 0.717) is 18.6 Å². The van der Waals surface area contributed by atoms with Gasteiger partial charge in [-0.15, -0.1) is 0 Å². The summed E-state index contributed by atoms with van der Waals surface area (Å²) in [6.45, 7) is 6.21. The number of rotatable bonds is 5. The van der Waals surface area contributed by atoms with Gasteiger partial charge >= 0.3 is 0 Å². The zero-order valence-electron chi connectivity index (χ0n) is 15.2. The molecule has 2 heteroatoms. The van der Waals surface area contributed by atoms with E-state index in [9.17, 15) is 9.59 Å². The molecule has 25 heavy (non-hydrogen) atoms. The van der Waals surface area contributed by atoms with Gasteiger partial charge in [0, 0.05) is 18.3 Å². The number of carbonyl (C=O) groups excluding carboxylic acids is 2. The van der Waals surface area contributed by atoms with Crippen LogP contribution in [0.25, 0.3) is 0 Å². The Balaban J connectivity index is 1.79. The third kappa shape index (κ3) is 4.00. The van der Waals surface area contributed by atoms with Crippen LogP contribution in [0.15, 0.2) is 54.1 Å². The topological polar surface area (TPSA) is 34.1 Å². The van der Waals surface area contributed by atoms with E-state index in [1.165, 1.54) is 5.56 Å². The van der Waals surface area contributed by atoms with Gasteiger partial charge in [-0.25, -0.2) is 0 Å². The Morgan fingerprint density at radius 1 is 1.20 bits per heavy atom. The van der Waals surface area contributed by atoms with E-state index in [-0.39, 0.29) is 17.1 Å². The van der Waals surface area contributed by atoms with Crippen molar-refractivity contribution in [3.05, 3.63) is 59.7 Å². The number of allylic oxidation sites excluding steroid dienone is 3. The number of benzene rings is 1. The fourth-order valence-electron chi connectivity index (χ4n) is 4.37. The van der Waals surface area contributed by atoms with Gasteiger partial charge in [-0.2, -0.15) is 0 Å². The second-order valence-corrected chi connectivity index (χ2v) is 7.86. The molecule has 0 amide bonds. The van der Waals surface area contributed by atoms with Gasteiger partial charge < -0.3 is 0 Å². The van der Waals surface area contributed by atoms with Gasteiger partial charge in [0.2, 0.25) is 0 Å². The van der Waals surface area contributed by atoms with Crippen molar-refractivity contribution >= 4 is 11.6 Å². The highest BCUT2D eigenvalue weighted by Gasteiger charge is 2.41. The van der Waals surface area contributed by atoms with Crippen LogP contribution in [0.3, 0.4) is 0 Å². The van der Waals surface area contributed by atoms with Gasteiger partial charge in [-0.1, -0.05) is 55.0 Å². The van der Waals surface area contributed by atoms with Crippen LogP contribution in [0.1, 0.15) is 57.4 Å². The number of hydrogen-bond acceptors (Lipinski definition) is 2. The molecule has 0 aliphatic heterocycles. The van der Waals surface area contributed by atoms with E-state index in [2.05, 4.69) is 18.7 Å². The standard InChI is InChI=1S/C23H28O2/c1-17-11-12-20(14-21(17)24)18(2)15-23(13-7-6-10-22(23)25)16-19-8-4-3-5-9-19/h3-5,8-9,11,20H,2,6-7,10,12-16H2,1H3/t20-,23+/m1/s1. The molecule has 0 heterocycles. The first-order chi connectivity index (χ1) is 12.0. The predicted molar refractivity (Wildman–Crippen MR) is 101 cm³/mol. The molecule has 2 aliphatic rings. The normalized spacial score (nSPS) is 27.1. The summed E-state index contributed by atoms with van der Waals surface area (Å²) in [5.41, 5.74) is 2.86. The number of carbonyl (C=O) groups is 2. The van der Waals surface area contributed by atoms with Gasteiger partial charge in [-0.3, -0.25) is 9.59 Å². The number of ketones is 2. The van der Waals surface area contributed by atoms with E-state index in [4.69, 9.17) is 0 Å². The largest absolute Gasteiger partial charge is 0.299 e. The number of Topliss-reactive ketones (excluding diaryl/α,β-unsaturated/α-hetero) is 2. The average Bonchev–Trinajstić information content (AvgIpc) is 2.61. The van der Waals surface area contributed by atoms with Crippen molar-refractivity contribution in [3.63, 3.8) is 0 Å². The number of hydrogen-bond donors (Lipinski definition) is 0. The molecule has 0 aromatic heterocycles. The lowest BCUT2D eigenvalue weighted by Gasteiger charge is -2.38. The molecule has 0 radical (unpaired) electrons. The quantitative estimate of drug-likeness (QED) is 0.690. The summed E-state index contributed by atoms with van der Waals surface area (Å²) >= 11 is 0. The summed E-state index contributed by atoms with van der Waals surface area (Å²) in [4.78, 5) is 25.0. The van der Waals surface area contributed by atoms with Crippen LogP contribution in [0.4, 0.5) is 0 Å². The molecule has 1 aromatic rings. The Morgan fingerprint density at radius 2 is 1.96 bits per heavy atom. The van der Waals surface area contributed by atoms with Crippen molar-refractivity contribution in [2.24, 2.45) is 11.3 Å². The minimum absolute atomic E-state index is 0.193. The smallest absolute Gasteiger partial charge is 0.158 e. The lowest BCUT2D eigenvalue weighted by Crippen LogP contribution is -2.37. The van der Waals surface area contributed by atoms with E-state index < -0.39 is 0 Å². The van der Waals surface area contributed by atoms with Crippen molar-refractivity contribution in [1.29, 1.82) is 0 Å². The third-order valence-electron chi connectivity index (χ3n) is 6.01. The molecular formula is C23H28O2. The lowest BCUT2D eigenvalue weighted by atomic mass is 9.64. The molecule has 132 valence electrons. The zero-order valence-corrected chi connectivity index (χ0v) is 15.2. The van der Waals surface area contributed by atoms with Crippen molar-refractivity contribution in [1.82, 2.24) is 0 Å². The molecule has 0 saturated heterocycles. The fourth-order valence-corrected chi connectivity index (χ4v) is 4.37. The van der Waals surface area contributed by atoms with E-state index in [1.54, 1.807) is 0 Å². The van der Waals surface area contributed by atoms with Crippen molar-refractivity contribution < 1.29 is 9.59 Å². The van der Waals surface area contributed by atoms with E-state index in [1.807, 2.05) is 31.2 Å². The molecule has 2 nitrogen and oxygen atoms in total. The molecule has 2 atom stereocenters. The van der Waals surface area contributed by atoms with Gasteiger partial charge in [0.25, 0.3) is 0 Å². The molecule has 1 fully saturated rings. The average molecular weight is 336 g/mol. The van der Waals surface area contributed by atoms with Crippen LogP contribution >= 0.6 is 0 Å². The van der Waals surface area contributed by atoms with Crippen LogP contribution < -0.4 is 0 Å². The van der Waals surface area contributed by atoms with E-state index in [0.717, 1.165) is 49.7 Å². The molecule has 0 unspecified atom stereocenters. The monoisotopic (exact) mass is 336 g/mol. The molecule has 1 saturated carbocycles. The Kier molecular flexibility index (Phi) is 5.36. The summed E-state index contributed by atoms with van der Waals surface area (Å²) < 4.78 is 0. The summed E-state index contributed by atoms with van der Waals surface area (Å²) in [7, 11) is 0. The van der Waals surface area contributed by atoms with Gasteiger partial charge in [0.1, 0.15) is 5.78 Å². The Labute approximate surface area is 151 Å².